The summed E-state index contributed by atoms with van der Waals surface area (Å²) in [5.74, 6) is 0.575. The molecular formula is C17H25Cl2N2O2Ti. The van der Waals surface area contributed by atoms with Crippen LogP contribution in [0, 0.1) is 11.3 Å². The molecule has 0 radical (unpaired) electrons. The standard InChI is InChI=1S/C16H23NO.CH3NO.2ClH.Ti/c1-16(2)9-8-14(15(11-16)17-12-18)10-13-6-4-3-5-7-13;2-1-3;;;/h3-7,12,14-15H,8-11H2,1-2H3,(H,17,18);1H,(H2,2,3);2*1H;/q;;;;+3/p-3. The molecule has 1 aromatic rings. The van der Waals surface area contributed by atoms with Gasteiger partial charge in [-0.25, -0.2) is 0 Å². The Balaban J connectivity index is 0. The summed E-state index contributed by atoms with van der Waals surface area (Å²) in [4.78, 5) is 19.8. The van der Waals surface area contributed by atoms with Crippen molar-refractivity contribution in [3.63, 3.8) is 0 Å². The van der Waals surface area contributed by atoms with E-state index in [0.717, 1.165) is 19.3 Å². The van der Waals surface area contributed by atoms with Crippen LogP contribution >= 0.6 is 0 Å². The number of amides is 2. The minimum Gasteiger partial charge on any atom is -1.00 e. The first-order valence-corrected chi connectivity index (χ1v) is 8.40. The van der Waals surface area contributed by atoms with Gasteiger partial charge in [0.2, 0.25) is 6.41 Å². The molecule has 0 spiro atoms. The van der Waals surface area contributed by atoms with Gasteiger partial charge in [0, 0.05) is 6.04 Å². The molecule has 0 saturated heterocycles. The van der Waals surface area contributed by atoms with Gasteiger partial charge in [0.05, 0.1) is 0 Å². The van der Waals surface area contributed by atoms with E-state index in [0.29, 0.717) is 23.8 Å². The molecule has 1 aromatic carbocycles. The Morgan fingerprint density at radius 3 is 2.25 bits per heavy atom. The molecule has 4 nitrogen and oxygen atoms in total. The van der Waals surface area contributed by atoms with Crippen molar-refractivity contribution in [2.24, 2.45) is 11.3 Å². The topological polar surface area (TPSA) is 58.2 Å². The molecule has 0 aliphatic heterocycles. The van der Waals surface area contributed by atoms with Crippen LogP contribution in [-0.2, 0) is 36.7 Å². The molecule has 0 bridgehead atoms. The molecule has 2 atom stereocenters. The molecule has 0 aromatic heterocycles. The predicted molar refractivity (Wildman–Crippen MR) is 83.5 cm³/mol. The Morgan fingerprint density at radius 2 is 1.75 bits per heavy atom. The fourth-order valence-corrected chi connectivity index (χ4v) is 3.08. The summed E-state index contributed by atoms with van der Waals surface area (Å²) in [7, 11) is 0. The molecule has 7 heteroatoms. The van der Waals surface area contributed by atoms with Gasteiger partial charge in [0.1, 0.15) is 0 Å². The van der Waals surface area contributed by atoms with Crippen LogP contribution in [0.15, 0.2) is 30.3 Å². The summed E-state index contributed by atoms with van der Waals surface area (Å²) in [6.07, 6.45) is 6.10. The summed E-state index contributed by atoms with van der Waals surface area (Å²) < 4.78 is 2.25. The number of carbonyl (C=O) groups excluding carboxylic acids is 2. The van der Waals surface area contributed by atoms with Crippen molar-refractivity contribution in [1.29, 1.82) is 0 Å². The van der Waals surface area contributed by atoms with Crippen LogP contribution < -0.4 is 33.9 Å². The Hall–Kier alpha value is -0.546. The average molecular weight is 408 g/mol. The maximum atomic E-state index is 10.8. The maximum absolute atomic E-state index is 10.8. The first-order valence-electron chi connectivity index (χ1n) is 7.62. The first-order chi connectivity index (χ1) is 10.5. The zero-order valence-electron chi connectivity index (χ0n) is 14.1. The summed E-state index contributed by atoms with van der Waals surface area (Å²) in [6.45, 7) is 4.59. The molecule has 2 amide bonds. The largest absolute Gasteiger partial charge is 1.00 e. The van der Waals surface area contributed by atoms with Crippen molar-refractivity contribution in [2.45, 2.75) is 45.6 Å². The number of hydrogen-bond acceptors (Lipinski definition) is 2. The summed E-state index contributed by atoms with van der Waals surface area (Å²) in [5, 5.41) is 3.03. The van der Waals surface area contributed by atoms with Crippen LogP contribution in [-0.4, -0.2) is 18.9 Å². The number of halogens is 2. The fraction of sp³-hybridized carbons (Fsp3) is 0.529. The Morgan fingerprint density at radius 1 is 1.17 bits per heavy atom. The zero-order valence-corrected chi connectivity index (χ0v) is 17.2. The minimum absolute atomic E-state index is 0. The molecule has 2 N–H and O–H groups in total. The summed E-state index contributed by atoms with van der Waals surface area (Å²) in [6, 6.07) is 10.9. The molecule has 24 heavy (non-hydrogen) atoms. The average Bonchev–Trinajstić information content (AvgIpc) is 2.51. The smallest absolute Gasteiger partial charge is 1.00 e. The van der Waals surface area contributed by atoms with E-state index in [1.54, 1.807) is 20.7 Å². The van der Waals surface area contributed by atoms with Gasteiger partial charge in [0.25, 0.3) is 0 Å². The Labute approximate surface area is 169 Å². The molecule has 1 fully saturated rings. The van der Waals surface area contributed by atoms with E-state index in [4.69, 9.17) is 4.79 Å². The van der Waals surface area contributed by atoms with E-state index in [-0.39, 0.29) is 24.8 Å². The number of hydrogen-bond donors (Lipinski definition) is 2. The molecular weight excluding hydrogens is 383 g/mol. The first kappa shape index (κ1) is 25.7. The molecule has 2 unspecified atom stereocenters. The van der Waals surface area contributed by atoms with Gasteiger partial charge >= 0.3 is 35.7 Å². The van der Waals surface area contributed by atoms with Crippen LogP contribution in [0.2, 0.25) is 0 Å². The van der Waals surface area contributed by atoms with Gasteiger partial charge in [-0.2, -0.15) is 0 Å². The van der Waals surface area contributed by atoms with Crippen molar-refractivity contribution < 1.29 is 55.1 Å². The molecule has 1 aliphatic rings. The third-order valence-electron chi connectivity index (χ3n) is 4.22. The number of nitrogens with one attached hydrogen (secondary N) is 2. The molecule has 0 heterocycles. The van der Waals surface area contributed by atoms with E-state index in [9.17, 15) is 4.79 Å². The van der Waals surface area contributed by atoms with Crippen LogP contribution in [0.25, 0.3) is 0 Å². The van der Waals surface area contributed by atoms with E-state index in [2.05, 4.69) is 53.3 Å². The van der Waals surface area contributed by atoms with Crippen molar-refractivity contribution in [3.8, 4) is 0 Å². The van der Waals surface area contributed by atoms with Gasteiger partial charge in [-0.3, -0.25) is 4.79 Å². The van der Waals surface area contributed by atoms with Gasteiger partial charge in [-0.1, -0.05) is 44.2 Å². The van der Waals surface area contributed by atoms with Gasteiger partial charge in [-0.05, 0) is 42.6 Å². The Bertz CT molecular complexity index is 461. The van der Waals surface area contributed by atoms with Crippen molar-refractivity contribution in [2.75, 3.05) is 0 Å². The number of carbonyl (C=O) groups is 2. The number of benzene rings is 1. The van der Waals surface area contributed by atoms with Crippen molar-refractivity contribution in [3.05, 3.63) is 35.9 Å². The number of rotatable bonds is 5. The second kappa shape index (κ2) is 13.7. The molecule has 2 rings (SSSR count). The zero-order chi connectivity index (χ0) is 16.4. The third-order valence-corrected chi connectivity index (χ3v) is 4.40. The van der Waals surface area contributed by atoms with Gasteiger partial charge in [0.15, 0.2) is 0 Å². The second-order valence-corrected chi connectivity index (χ2v) is 6.96. The van der Waals surface area contributed by atoms with E-state index in [1.807, 2.05) is 0 Å². The van der Waals surface area contributed by atoms with Gasteiger partial charge < -0.3 is 30.1 Å². The van der Waals surface area contributed by atoms with Crippen molar-refractivity contribution in [1.82, 2.24) is 9.12 Å². The summed E-state index contributed by atoms with van der Waals surface area (Å²) >= 11 is 1.56. The van der Waals surface area contributed by atoms with Crippen LogP contribution in [0.4, 0.5) is 0 Å². The third kappa shape index (κ3) is 9.68. The SMILES string of the molecule is CC1(C)CCC(Cc2ccccc2)C(NC=O)C1.O=C[NH][Ti+2].[Cl-].[Cl-]. The monoisotopic (exact) mass is 407 g/mol. The molecule has 1 saturated carbocycles. The predicted octanol–water partition coefficient (Wildman–Crippen LogP) is -3.63. The van der Waals surface area contributed by atoms with Gasteiger partial charge in [-0.15, -0.1) is 0 Å². The van der Waals surface area contributed by atoms with Crippen LogP contribution in [0.3, 0.4) is 0 Å². The second-order valence-electron chi connectivity index (χ2n) is 6.51. The van der Waals surface area contributed by atoms with E-state index in [1.165, 1.54) is 18.4 Å². The maximum Gasteiger partial charge on any atom is -1.00 e. The minimum atomic E-state index is 0. The summed E-state index contributed by atoms with van der Waals surface area (Å²) in [5.41, 5.74) is 1.73. The van der Waals surface area contributed by atoms with Crippen molar-refractivity contribution >= 4 is 12.8 Å². The fourth-order valence-electron chi connectivity index (χ4n) is 3.08. The quantitative estimate of drug-likeness (QED) is 0.391. The Kier molecular flexibility index (Phi) is 14.7. The van der Waals surface area contributed by atoms with Crippen LogP contribution in [0.5, 0.6) is 0 Å². The van der Waals surface area contributed by atoms with Crippen LogP contribution in [0.1, 0.15) is 38.7 Å². The van der Waals surface area contributed by atoms with E-state index < -0.39 is 0 Å². The van der Waals surface area contributed by atoms with E-state index >= 15 is 0 Å². The molecule has 133 valence electrons. The molecule has 1 aliphatic carbocycles. The normalized spacial score (nSPS) is 20.8.